The van der Waals surface area contributed by atoms with E-state index in [0.717, 1.165) is 56.5 Å². The molecule has 0 radical (unpaired) electrons. The van der Waals surface area contributed by atoms with Crippen molar-refractivity contribution < 1.29 is 8.83 Å². The van der Waals surface area contributed by atoms with Gasteiger partial charge in [-0.15, -0.1) is 0 Å². The zero-order valence-corrected chi connectivity index (χ0v) is 39.8. The first-order valence-corrected chi connectivity index (χ1v) is 25.8. The summed E-state index contributed by atoms with van der Waals surface area (Å²) in [4.78, 5) is 5.32. The lowest BCUT2D eigenvalue weighted by Gasteiger charge is -2.57. The third-order valence-electron chi connectivity index (χ3n) is 16.1. The lowest BCUT2D eigenvalue weighted by molar-refractivity contribution is 0.519. The molecule has 1 unspecified atom stereocenters. The fraction of sp³-hybridized carbons (Fsp3) is 0.0794. The molecular formula is C63H43BN3O2P. The Kier molecular flexibility index (Phi) is 7.67. The molecule has 4 aliphatic rings. The average molecular weight is 916 g/mol. The van der Waals surface area contributed by atoms with E-state index in [2.05, 4.69) is 229 Å². The second-order valence-corrected chi connectivity index (χ2v) is 22.5. The molecule has 7 heteroatoms. The molecule has 3 aliphatic heterocycles. The molecule has 0 N–H and O–H groups in total. The molecule has 0 bridgehead atoms. The van der Waals surface area contributed by atoms with Gasteiger partial charge in [-0.25, -0.2) is 0 Å². The van der Waals surface area contributed by atoms with Crippen LogP contribution in [0.15, 0.2) is 208 Å². The number of hydrogen-bond acceptors (Lipinski definition) is 4. The highest BCUT2D eigenvalue weighted by Crippen LogP contribution is 2.66. The summed E-state index contributed by atoms with van der Waals surface area (Å²) in [6.07, 6.45) is 0.771. The number of fused-ring (bicyclic) bond motifs is 11. The second kappa shape index (κ2) is 13.8. The van der Waals surface area contributed by atoms with Crippen LogP contribution >= 0.6 is 7.92 Å². The first-order valence-electron chi connectivity index (χ1n) is 24.4. The van der Waals surface area contributed by atoms with Crippen LogP contribution in [0.2, 0.25) is 0 Å². The first-order chi connectivity index (χ1) is 34.5. The van der Waals surface area contributed by atoms with Crippen LogP contribution in [0.3, 0.4) is 0 Å². The van der Waals surface area contributed by atoms with Crippen molar-refractivity contribution in [3.05, 3.63) is 222 Å². The van der Waals surface area contributed by atoms with Crippen molar-refractivity contribution in [1.29, 1.82) is 0 Å². The Morgan fingerprint density at radius 3 is 1.76 bits per heavy atom. The predicted molar refractivity (Wildman–Crippen MR) is 294 cm³/mol. The van der Waals surface area contributed by atoms with E-state index in [1.54, 1.807) is 0 Å². The Morgan fingerprint density at radius 2 is 1.07 bits per heavy atom. The van der Waals surface area contributed by atoms with Crippen LogP contribution in [0, 0.1) is 13.8 Å². The Labute approximate surface area is 406 Å². The van der Waals surface area contributed by atoms with Crippen LogP contribution in [0.5, 0.6) is 0 Å². The van der Waals surface area contributed by atoms with Crippen molar-refractivity contribution in [3.8, 4) is 5.69 Å². The number of furan rings is 2. The highest BCUT2D eigenvalue weighted by Gasteiger charge is 2.61. The maximum atomic E-state index is 7.20. The summed E-state index contributed by atoms with van der Waals surface area (Å²) in [5.74, 6) is 1.05. The summed E-state index contributed by atoms with van der Waals surface area (Å²) >= 11 is 0. The van der Waals surface area contributed by atoms with E-state index >= 15 is 0 Å². The zero-order valence-electron chi connectivity index (χ0n) is 38.9. The fourth-order valence-electron chi connectivity index (χ4n) is 13.4. The summed E-state index contributed by atoms with van der Waals surface area (Å²) in [5.41, 5.74) is 21.2. The van der Waals surface area contributed by atoms with Gasteiger partial charge in [-0.05, 0) is 109 Å². The van der Waals surface area contributed by atoms with Crippen molar-refractivity contribution >= 4 is 125 Å². The van der Waals surface area contributed by atoms with Crippen molar-refractivity contribution in [1.82, 2.24) is 4.57 Å². The quantitative estimate of drug-likeness (QED) is 0.130. The van der Waals surface area contributed by atoms with Crippen molar-refractivity contribution in [3.63, 3.8) is 0 Å². The maximum absolute atomic E-state index is 7.20. The van der Waals surface area contributed by atoms with E-state index in [4.69, 9.17) is 8.83 Å². The highest BCUT2D eigenvalue weighted by atomic mass is 31.1. The number of aryl methyl sites for hydroxylation is 2. The van der Waals surface area contributed by atoms with Gasteiger partial charge in [0.2, 0.25) is 6.71 Å². The molecule has 5 nitrogen and oxygen atoms in total. The summed E-state index contributed by atoms with van der Waals surface area (Å²) < 4.78 is 16.8. The standard InChI is InChI=1S/C63H43BN3O2P/c1-37-19-7-13-27-45(37)66-49-33-39(65-47-29-15-9-23-41(47)42-24-10-16-30-48(42)65)34-50-58(49)64-59-55(35-53-56(60(59)66)43-25-11-17-31-51(43)68-53)70(40-21-5-4-6-22-40)63(3)36-54-57(44-26-12-18-32-52(44)69-54)61(62(63)64)67(50)46-28-14-8-20-38(46)2/h4-35H,36H2,1-3H3/t63-,70?/m0/s1. The van der Waals surface area contributed by atoms with Gasteiger partial charge in [-0.1, -0.05) is 152 Å². The number of anilines is 5. The monoisotopic (exact) mass is 915 g/mol. The van der Waals surface area contributed by atoms with E-state index in [9.17, 15) is 0 Å². The molecule has 0 amide bonds. The van der Waals surface area contributed by atoms with Gasteiger partial charge in [-0.2, -0.15) is 0 Å². The molecule has 70 heavy (non-hydrogen) atoms. The largest absolute Gasteiger partial charge is 0.460 e. The molecule has 330 valence electrons. The number of benzene rings is 9. The van der Waals surface area contributed by atoms with Gasteiger partial charge in [0.1, 0.15) is 22.5 Å². The fourth-order valence-corrected chi connectivity index (χ4v) is 16.8. The number of para-hydroxylation sites is 6. The molecule has 2 atom stereocenters. The molecular weight excluding hydrogens is 872 g/mol. The molecule has 6 heterocycles. The molecule has 1 aliphatic carbocycles. The second-order valence-electron chi connectivity index (χ2n) is 19.9. The Hall–Kier alpha value is -8.05. The smallest absolute Gasteiger partial charge is 0.249 e. The van der Waals surface area contributed by atoms with E-state index in [1.807, 2.05) is 0 Å². The zero-order chi connectivity index (χ0) is 46.1. The van der Waals surface area contributed by atoms with Gasteiger partial charge < -0.3 is 23.2 Å². The van der Waals surface area contributed by atoms with Gasteiger partial charge in [0.25, 0.3) is 0 Å². The normalized spacial score (nSPS) is 17.6. The van der Waals surface area contributed by atoms with Crippen molar-refractivity contribution in [2.24, 2.45) is 0 Å². The Bertz CT molecular complexity index is 4260. The molecule has 3 aromatic heterocycles. The van der Waals surface area contributed by atoms with Crippen LogP contribution in [-0.4, -0.2) is 16.4 Å². The van der Waals surface area contributed by atoms with Crippen molar-refractivity contribution in [2.45, 2.75) is 32.3 Å². The lowest BCUT2D eigenvalue weighted by atomic mass is 9.30. The van der Waals surface area contributed by atoms with Crippen molar-refractivity contribution in [2.75, 3.05) is 9.80 Å². The molecule has 0 spiro atoms. The van der Waals surface area contributed by atoms with Gasteiger partial charge in [-0.3, -0.25) is 0 Å². The van der Waals surface area contributed by atoms with Crippen LogP contribution in [-0.2, 0) is 6.42 Å². The minimum absolute atomic E-state index is 0.0786. The molecule has 12 aromatic rings. The Morgan fingerprint density at radius 1 is 0.514 bits per heavy atom. The molecule has 0 saturated heterocycles. The molecule has 0 fully saturated rings. The SMILES string of the molecule is Cc1ccccc1N1C2=C3B4c5c1cc(-n1c6ccccc6c6ccccc61)cc5N(c1ccccc1C)c1c4c(cc4oc5ccccc5c14)P(c1ccccc1)[C@@]3(C)Cc1oc3ccccc3c12. The number of allylic oxidation sites excluding steroid dienone is 1. The van der Waals surface area contributed by atoms with Gasteiger partial charge >= 0.3 is 0 Å². The van der Waals surface area contributed by atoms with Crippen LogP contribution in [0.25, 0.3) is 66.1 Å². The first kappa shape index (κ1) is 38.9. The van der Waals surface area contributed by atoms with E-state index in [0.29, 0.717) is 0 Å². The van der Waals surface area contributed by atoms with E-state index < -0.39 is 7.92 Å². The lowest BCUT2D eigenvalue weighted by Crippen LogP contribution is -2.67. The Balaban J connectivity index is 1.17. The third kappa shape index (κ3) is 4.87. The number of aromatic nitrogens is 1. The minimum atomic E-state index is -1.08. The average Bonchev–Trinajstić information content (AvgIpc) is 4.06. The highest BCUT2D eigenvalue weighted by molar-refractivity contribution is 7.76. The summed E-state index contributed by atoms with van der Waals surface area (Å²) in [6.45, 7) is 7.04. The van der Waals surface area contributed by atoms with Gasteiger partial charge in [0, 0.05) is 67.1 Å². The summed E-state index contributed by atoms with van der Waals surface area (Å²) in [6, 6.07) is 72.0. The molecule has 16 rings (SSSR count). The van der Waals surface area contributed by atoms with Crippen LogP contribution in [0.4, 0.5) is 28.4 Å². The van der Waals surface area contributed by atoms with Gasteiger partial charge in [0.05, 0.1) is 27.8 Å². The number of rotatable bonds is 4. The molecule has 9 aromatic carbocycles. The minimum Gasteiger partial charge on any atom is -0.460 e. The van der Waals surface area contributed by atoms with E-state index in [1.165, 1.54) is 93.9 Å². The number of hydrogen-bond donors (Lipinski definition) is 0. The topological polar surface area (TPSA) is 37.7 Å². The maximum Gasteiger partial charge on any atom is 0.249 e. The van der Waals surface area contributed by atoms with Gasteiger partial charge in [0.15, 0.2) is 0 Å². The summed E-state index contributed by atoms with van der Waals surface area (Å²) in [7, 11) is -1.08. The van der Waals surface area contributed by atoms with Crippen LogP contribution in [0.1, 0.15) is 29.4 Å². The number of nitrogens with zero attached hydrogens (tertiary/aromatic N) is 3. The third-order valence-corrected chi connectivity index (χ3v) is 19.2. The predicted octanol–water partition coefficient (Wildman–Crippen LogP) is 14.3. The van der Waals surface area contributed by atoms with Crippen LogP contribution < -0.4 is 31.3 Å². The molecule has 0 saturated carbocycles. The van der Waals surface area contributed by atoms with E-state index in [-0.39, 0.29) is 11.9 Å². The summed E-state index contributed by atoms with van der Waals surface area (Å²) in [5, 5.41) is 8.29.